The number of unbranched alkanes of at least 4 members (excludes halogenated alkanes) is 14. The lowest BCUT2D eigenvalue weighted by atomic mass is 10.0. The van der Waals surface area contributed by atoms with Crippen LogP contribution in [-0.2, 0) is 9.53 Å². The lowest BCUT2D eigenvalue weighted by Crippen LogP contribution is -2.36. The van der Waals surface area contributed by atoms with Crippen LogP contribution < -0.4 is 16.2 Å². The van der Waals surface area contributed by atoms with Crippen molar-refractivity contribution in [2.75, 3.05) is 18.4 Å². The number of aromatic nitrogens is 4. The fourth-order valence-corrected chi connectivity index (χ4v) is 5.39. The second-order valence-corrected chi connectivity index (χ2v) is 12.0. The Morgan fingerprint density at radius 2 is 1.60 bits per heavy atom. The van der Waals surface area contributed by atoms with Crippen LogP contribution in [0.2, 0.25) is 0 Å². The van der Waals surface area contributed by atoms with Gasteiger partial charge in [-0.3, -0.25) is 24.5 Å². The van der Waals surface area contributed by atoms with Crippen molar-refractivity contribution in [3.63, 3.8) is 0 Å². The summed E-state index contributed by atoms with van der Waals surface area (Å²) in [5, 5.41) is 16.3. The summed E-state index contributed by atoms with van der Waals surface area (Å²) in [4.78, 5) is 35.3. The van der Waals surface area contributed by atoms with Gasteiger partial charge in [0.1, 0.15) is 12.2 Å². The molecule has 1 aliphatic heterocycles. The maximum absolute atomic E-state index is 15.1. The molecule has 1 amide bonds. The summed E-state index contributed by atoms with van der Waals surface area (Å²) in [7, 11) is 0. The highest BCUT2D eigenvalue weighted by Gasteiger charge is 2.45. The number of hydrogen-bond donors (Lipinski definition) is 4. The second-order valence-electron chi connectivity index (χ2n) is 12.0. The number of H-pyrrole nitrogens is 1. The van der Waals surface area contributed by atoms with Gasteiger partial charge in [0, 0.05) is 12.5 Å². The molecule has 0 spiro atoms. The van der Waals surface area contributed by atoms with E-state index in [1.165, 1.54) is 94.4 Å². The zero-order valence-electron chi connectivity index (χ0n) is 25.9. The number of imidazole rings is 1. The standard InChI is InChI=1S/C31H53FN6O4/c1-4-5-6-7-8-9-10-11-12-13-14-15-16-17-18-19-33-20-23-26(39)24(32)30(42-23)38-21-34-25-27(38)35-31(37-29(25)41)36-28(40)22(2)3/h21-24,26,30,33,39H,4-20H2,1-3H3,(H2,35,36,37,40,41)/t23-,24-,26-,30-/m1/s1. The molecule has 0 unspecified atom stereocenters. The van der Waals surface area contributed by atoms with Gasteiger partial charge >= 0.3 is 0 Å². The number of nitrogens with one attached hydrogen (secondary N) is 3. The van der Waals surface area contributed by atoms with Crippen LogP contribution in [0.15, 0.2) is 11.1 Å². The van der Waals surface area contributed by atoms with Gasteiger partial charge in [0.25, 0.3) is 5.56 Å². The van der Waals surface area contributed by atoms with Crippen LogP contribution >= 0.6 is 0 Å². The number of aliphatic hydroxyl groups is 1. The average Bonchev–Trinajstić information content (AvgIpc) is 3.51. The molecule has 0 aliphatic carbocycles. The highest BCUT2D eigenvalue weighted by atomic mass is 19.1. The Balaban J connectivity index is 1.31. The summed E-state index contributed by atoms with van der Waals surface area (Å²) in [5.74, 6) is -0.689. The first-order valence-electron chi connectivity index (χ1n) is 16.3. The molecule has 0 saturated carbocycles. The number of alkyl halides is 1. The molecule has 2 aromatic rings. The van der Waals surface area contributed by atoms with Crippen LogP contribution in [0.1, 0.15) is 123 Å². The predicted molar refractivity (Wildman–Crippen MR) is 164 cm³/mol. The Kier molecular flexibility index (Phi) is 14.9. The lowest BCUT2D eigenvalue weighted by molar-refractivity contribution is -0.118. The molecule has 1 fully saturated rings. The second kappa shape index (κ2) is 18.3. The topological polar surface area (TPSA) is 134 Å². The number of carbonyl (C=O) groups excluding carboxylic acids is 1. The summed E-state index contributed by atoms with van der Waals surface area (Å²) >= 11 is 0. The van der Waals surface area contributed by atoms with Crippen LogP contribution in [0.4, 0.5) is 10.3 Å². The van der Waals surface area contributed by atoms with Gasteiger partial charge < -0.3 is 15.2 Å². The minimum Gasteiger partial charge on any atom is -0.387 e. The summed E-state index contributed by atoms with van der Waals surface area (Å²) in [6.45, 7) is 6.78. The summed E-state index contributed by atoms with van der Waals surface area (Å²) in [5.41, 5.74) is -0.491. The third-order valence-corrected chi connectivity index (χ3v) is 8.07. The van der Waals surface area contributed by atoms with Crippen LogP contribution in [0.25, 0.3) is 11.2 Å². The highest BCUT2D eigenvalue weighted by molar-refractivity contribution is 5.91. The largest absolute Gasteiger partial charge is 0.387 e. The van der Waals surface area contributed by atoms with Crippen LogP contribution in [0, 0.1) is 5.92 Å². The molecule has 0 aromatic carbocycles. The van der Waals surface area contributed by atoms with Gasteiger partial charge in [0.05, 0.1) is 6.33 Å². The van der Waals surface area contributed by atoms with Crippen LogP contribution in [0.3, 0.4) is 0 Å². The summed E-state index contributed by atoms with van der Waals surface area (Å²) < 4.78 is 22.3. The molecule has 0 radical (unpaired) electrons. The molecule has 1 saturated heterocycles. The molecule has 238 valence electrons. The number of fused-ring (bicyclic) bond motifs is 1. The van der Waals surface area contributed by atoms with Gasteiger partial charge in [-0.15, -0.1) is 0 Å². The van der Waals surface area contributed by atoms with E-state index in [0.717, 1.165) is 19.4 Å². The van der Waals surface area contributed by atoms with E-state index in [2.05, 4.69) is 32.5 Å². The lowest BCUT2D eigenvalue weighted by Gasteiger charge is -2.16. The Morgan fingerprint density at radius 3 is 2.17 bits per heavy atom. The van der Waals surface area contributed by atoms with Gasteiger partial charge in [-0.05, 0) is 13.0 Å². The molecule has 1 aliphatic rings. The van der Waals surface area contributed by atoms with Crippen molar-refractivity contribution in [2.24, 2.45) is 5.92 Å². The quantitative estimate of drug-likeness (QED) is 0.135. The fourth-order valence-electron chi connectivity index (χ4n) is 5.39. The van der Waals surface area contributed by atoms with E-state index in [1.807, 2.05) is 0 Å². The van der Waals surface area contributed by atoms with Crippen LogP contribution in [0.5, 0.6) is 0 Å². The summed E-state index contributed by atoms with van der Waals surface area (Å²) in [6, 6.07) is 0. The number of rotatable bonds is 21. The van der Waals surface area contributed by atoms with Gasteiger partial charge in [-0.25, -0.2) is 9.37 Å². The van der Waals surface area contributed by atoms with E-state index in [9.17, 15) is 14.7 Å². The number of amides is 1. The van der Waals surface area contributed by atoms with E-state index in [4.69, 9.17) is 4.74 Å². The van der Waals surface area contributed by atoms with E-state index in [1.54, 1.807) is 13.8 Å². The number of aromatic amines is 1. The molecule has 42 heavy (non-hydrogen) atoms. The van der Waals surface area contributed by atoms with E-state index in [-0.39, 0.29) is 28.9 Å². The molecule has 3 rings (SSSR count). The Morgan fingerprint density at radius 1 is 1.02 bits per heavy atom. The van der Waals surface area contributed by atoms with E-state index < -0.39 is 30.2 Å². The van der Waals surface area contributed by atoms with Gasteiger partial charge in [0.2, 0.25) is 11.9 Å². The maximum Gasteiger partial charge on any atom is 0.280 e. The molecular formula is C31H53FN6O4. The van der Waals surface area contributed by atoms with Gasteiger partial charge in [0.15, 0.2) is 23.6 Å². The number of anilines is 1. The predicted octanol–water partition coefficient (Wildman–Crippen LogP) is 5.77. The van der Waals surface area contributed by atoms with Crippen molar-refractivity contribution in [2.45, 2.75) is 142 Å². The smallest absolute Gasteiger partial charge is 0.280 e. The maximum atomic E-state index is 15.1. The first-order chi connectivity index (χ1) is 20.3. The van der Waals surface area contributed by atoms with Crippen LogP contribution in [-0.4, -0.2) is 62.0 Å². The van der Waals surface area contributed by atoms with Gasteiger partial charge in [-0.2, -0.15) is 4.98 Å². The first-order valence-corrected chi connectivity index (χ1v) is 16.3. The third kappa shape index (κ3) is 10.4. The molecule has 3 heterocycles. The Hall–Kier alpha value is -2.37. The normalized spacial score (nSPS) is 20.6. The summed E-state index contributed by atoms with van der Waals surface area (Å²) in [6.07, 6.45) is 16.0. The van der Waals surface area contributed by atoms with Crippen molar-refractivity contribution in [3.8, 4) is 0 Å². The number of nitrogens with zero attached hydrogens (tertiary/aromatic N) is 3. The SMILES string of the molecule is CCCCCCCCCCCCCCCCCNC[C@H]1O[C@@H](n2cnc3c(=O)[nH]c(NC(=O)C(C)C)nc32)[C@H](F)[C@@H]1O. The number of hydrogen-bond acceptors (Lipinski definition) is 7. The fraction of sp³-hybridized carbons (Fsp3) is 0.806. The average molecular weight is 593 g/mol. The monoisotopic (exact) mass is 592 g/mol. The number of halogens is 1. The van der Waals surface area contributed by atoms with Crippen molar-refractivity contribution in [3.05, 3.63) is 16.7 Å². The van der Waals surface area contributed by atoms with E-state index >= 15 is 4.39 Å². The molecular weight excluding hydrogens is 539 g/mol. The van der Waals surface area contributed by atoms with Crippen molar-refractivity contribution in [1.29, 1.82) is 0 Å². The highest BCUT2D eigenvalue weighted by Crippen LogP contribution is 2.33. The number of ether oxygens (including phenoxy) is 1. The third-order valence-electron chi connectivity index (χ3n) is 8.07. The zero-order chi connectivity index (χ0) is 30.3. The van der Waals surface area contributed by atoms with Crippen molar-refractivity contribution in [1.82, 2.24) is 24.8 Å². The molecule has 4 N–H and O–H groups in total. The molecule has 10 nitrogen and oxygen atoms in total. The minimum atomic E-state index is -1.73. The minimum absolute atomic E-state index is 0.00224. The number of carbonyl (C=O) groups is 1. The first kappa shape index (κ1) is 34.1. The molecule has 0 bridgehead atoms. The molecule has 11 heteroatoms. The zero-order valence-corrected chi connectivity index (χ0v) is 25.9. The Bertz CT molecular complexity index is 1120. The molecule has 2 aromatic heterocycles. The van der Waals surface area contributed by atoms with E-state index in [0.29, 0.717) is 6.54 Å². The van der Waals surface area contributed by atoms with Crippen molar-refractivity contribution < 1.29 is 19.0 Å². The Labute approximate surface area is 249 Å². The number of aliphatic hydroxyl groups excluding tert-OH is 1. The van der Waals surface area contributed by atoms with Gasteiger partial charge in [-0.1, -0.05) is 111 Å². The molecule has 4 atom stereocenters. The van der Waals surface area contributed by atoms with Crippen molar-refractivity contribution >= 4 is 23.0 Å².